The number of nitrogens with one attached hydrogen (secondary N) is 1. The Labute approximate surface area is 106 Å². The van der Waals surface area contributed by atoms with Gasteiger partial charge >= 0.3 is 0 Å². The van der Waals surface area contributed by atoms with Crippen LogP contribution in [-0.2, 0) is 0 Å². The van der Waals surface area contributed by atoms with E-state index < -0.39 is 4.92 Å². The topological polar surface area (TPSA) is 105 Å². The van der Waals surface area contributed by atoms with Crippen molar-refractivity contribution in [3.8, 4) is 6.07 Å². The number of nitrogens with zero attached hydrogens (tertiary/aromatic N) is 4. The van der Waals surface area contributed by atoms with Crippen LogP contribution in [0.15, 0.2) is 18.2 Å². The summed E-state index contributed by atoms with van der Waals surface area (Å²) in [5.74, 6) is 0.630. The third-order valence-corrected chi connectivity index (χ3v) is 2.82. The number of nitro benzene ring substituents is 1. The smallest absolute Gasteiger partial charge is 0.289 e. The molecule has 2 rings (SSSR count). The van der Waals surface area contributed by atoms with Gasteiger partial charge < -0.3 is 5.32 Å². The second-order valence-corrected chi connectivity index (χ2v) is 4.12. The van der Waals surface area contributed by atoms with Crippen LogP contribution in [-0.4, -0.2) is 14.3 Å². The van der Waals surface area contributed by atoms with Crippen LogP contribution in [0.25, 0.3) is 0 Å². The van der Waals surface area contributed by atoms with Gasteiger partial charge in [-0.2, -0.15) is 9.64 Å². The molecule has 0 atom stereocenters. The fourth-order valence-electron chi connectivity index (χ4n) is 1.33. The van der Waals surface area contributed by atoms with Gasteiger partial charge in [0.15, 0.2) is 0 Å². The maximum absolute atomic E-state index is 10.8. The standard InChI is InChI=1S/C10H7N5O2S/c1-6-12-10(18-14-6)13-8-3-2-7(5-11)9(4-8)15(16)17/h2-4H,1H3,(H,12,13,14). The van der Waals surface area contributed by atoms with E-state index in [1.54, 1.807) is 19.1 Å². The molecule has 7 nitrogen and oxygen atoms in total. The van der Waals surface area contributed by atoms with Gasteiger partial charge in [-0.3, -0.25) is 10.1 Å². The average Bonchev–Trinajstić information content (AvgIpc) is 2.74. The van der Waals surface area contributed by atoms with E-state index >= 15 is 0 Å². The summed E-state index contributed by atoms with van der Waals surface area (Å²) in [5, 5.41) is 23.0. The molecule has 18 heavy (non-hydrogen) atoms. The molecule has 0 saturated carbocycles. The van der Waals surface area contributed by atoms with Crippen molar-refractivity contribution in [2.45, 2.75) is 6.92 Å². The molecule has 1 aromatic carbocycles. The maximum Gasteiger partial charge on any atom is 0.289 e. The van der Waals surface area contributed by atoms with Crippen LogP contribution in [0.3, 0.4) is 0 Å². The van der Waals surface area contributed by atoms with Crippen LogP contribution in [0.4, 0.5) is 16.5 Å². The van der Waals surface area contributed by atoms with Crippen molar-refractivity contribution in [1.29, 1.82) is 5.26 Å². The molecule has 0 aliphatic carbocycles. The summed E-state index contributed by atoms with van der Waals surface area (Å²) in [6.07, 6.45) is 0. The molecule has 0 unspecified atom stereocenters. The highest BCUT2D eigenvalue weighted by molar-refractivity contribution is 7.09. The number of aryl methyl sites for hydroxylation is 1. The van der Waals surface area contributed by atoms with Crippen molar-refractivity contribution < 1.29 is 4.92 Å². The minimum Gasteiger partial charge on any atom is -0.330 e. The molecule has 0 amide bonds. The first-order chi connectivity index (χ1) is 8.60. The lowest BCUT2D eigenvalue weighted by Crippen LogP contribution is -1.95. The van der Waals surface area contributed by atoms with E-state index in [2.05, 4.69) is 14.7 Å². The molecule has 0 radical (unpaired) electrons. The highest BCUT2D eigenvalue weighted by Gasteiger charge is 2.14. The van der Waals surface area contributed by atoms with Gasteiger partial charge in [0.25, 0.3) is 5.69 Å². The van der Waals surface area contributed by atoms with Gasteiger partial charge in [0.2, 0.25) is 5.13 Å². The summed E-state index contributed by atoms with van der Waals surface area (Å²) in [5.41, 5.74) is 0.291. The molecule has 0 aliphatic rings. The summed E-state index contributed by atoms with van der Waals surface area (Å²) < 4.78 is 3.99. The quantitative estimate of drug-likeness (QED) is 0.671. The average molecular weight is 261 g/mol. The van der Waals surface area contributed by atoms with Gasteiger partial charge in [0.05, 0.1) is 4.92 Å². The Kier molecular flexibility index (Phi) is 3.16. The highest BCUT2D eigenvalue weighted by Crippen LogP contribution is 2.25. The van der Waals surface area contributed by atoms with E-state index in [-0.39, 0.29) is 11.3 Å². The summed E-state index contributed by atoms with van der Waals surface area (Å²) in [4.78, 5) is 14.3. The van der Waals surface area contributed by atoms with Crippen LogP contribution in [0.1, 0.15) is 11.4 Å². The largest absolute Gasteiger partial charge is 0.330 e. The number of rotatable bonds is 3. The first kappa shape index (κ1) is 11.9. The Hall–Kier alpha value is -2.53. The molecule has 0 aliphatic heterocycles. The van der Waals surface area contributed by atoms with Crippen molar-refractivity contribution in [3.05, 3.63) is 39.7 Å². The number of nitriles is 1. The van der Waals surface area contributed by atoms with Crippen LogP contribution >= 0.6 is 11.5 Å². The zero-order chi connectivity index (χ0) is 13.1. The molecule has 0 spiro atoms. The maximum atomic E-state index is 10.8. The van der Waals surface area contributed by atoms with E-state index in [1.807, 2.05) is 0 Å². The van der Waals surface area contributed by atoms with Gasteiger partial charge in [-0.15, -0.1) is 0 Å². The molecule has 0 saturated heterocycles. The molecule has 1 aromatic heterocycles. The Bertz CT molecular complexity index is 646. The molecule has 1 N–H and O–H groups in total. The normalized spacial score (nSPS) is 9.78. The monoisotopic (exact) mass is 261 g/mol. The van der Waals surface area contributed by atoms with Gasteiger partial charge in [0, 0.05) is 23.3 Å². The second-order valence-electron chi connectivity index (χ2n) is 3.37. The molecular weight excluding hydrogens is 254 g/mol. The first-order valence-corrected chi connectivity index (χ1v) is 5.63. The SMILES string of the molecule is Cc1nsc(Nc2ccc(C#N)c([N+](=O)[O-])c2)n1. The molecule has 2 aromatic rings. The summed E-state index contributed by atoms with van der Waals surface area (Å²) in [7, 11) is 0. The third-order valence-electron chi connectivity index (χ3n) is 2.09. The van der Waals surface area contributed by atoms with Gasteiger partial charge in [-0.1, -0.05) is 0 Å². The molecule has 8 heteroatoms. The number of hydrogen-bond donors (Lipinski definition) is 1. The van der Waals surface area contributed by atoms with E-state index in [9.17, 15) is 10.1 Å². The number of nitro groups is 1. The Morgan fingerprint density at radius 3 is 2.89 bits per heavy atom. The number of hydrogen-bond acceptors (Lipinski definition) is 7. The summed E-state index contributed by atoms with van der Waals surface area (Å²) >= 11 is 1.16. The van der Waals surface area contributed by atoms with E-state index in [0.29, 0.717) is 16.6 Å². The van der Waals surface area contributed by atoms with Crippen molar-refractivity contribution in [2.75, 3.05) is 5.32 Å². The Morgan fingerprint density at radius 1 is 1.56 bits per heavy atom. The fraction of sp³-hybridized carbons (Fsp3) is 0.100. The zero-order valence-electron chi connectivity index (χ0n) is 9.25. The highest BCUT2D eigenvalue weighted by atomic mass is 32.1. The lowest BCUT2D eigenvalue weighted by atomic mass is 10.2. The number of aromatic nitrogens is 2. The minimum absolute atomic E-state index is 0.0268. The van der Waals surface area contributed by atoms with Crippen LogP contribution < -0.4 is 5.32 Å². The van der Waals surface area contributed by atoms with Crippen LogP contribution in [0.5, 0.6) is 0 Å². The predicted molar refractivity (Wildman–Crippen MR) is 65.7 cm³/mol. The van der Waals surface area contributed by atoms with Crippen molar-refractivity contribution in [3.63, 3.8) is 0 Å². The lowest BCUT2D eigenvalue weighted by Gasteiger charge is -2.02. The molecular formula is C10H7N5O2S. The van der Waals surface area contributed by atoms with E-state index in [1.165, 1.54) is 12.1 Å². The Balaban J connectivity index is 2.33. The summed E-state index contributed by atoms with van der Waals surface area (Å²) in [6, 6.07) is 6.06. The van der Waals surface area contributed by atoms with Crippen molar-refractivity contribution >= 4 is 28.0 Å². The lowest BCUT2D eigenvalue weighted by molar-refractivity contribution is -0.385. The molecule has 1 heterocycles. The molecule has 0 bridgehead atoms. The Morgan fingerprint density at radius 2 is 2.33 bits per heavy atom. The number of benzene rings is 1. The van der Waals surface area contributed by atoms with Crippen LogP contribution in [0, 0.1) is 28.4 Å². The van der Waals surface area contributed by atoms with Crippen molar-refractivity contribution in [2.24, 2.45) is 0 Å². The predicted octanol–water partition coefficient (Wildman–Crippen LogP) is 2.37. The minimum atomic E-state index is -0.588. The van der Waals surface area contributed by atoms with Gasteiger partial charge in [-0.25, -0.2) is 4.98 Å². The molecule has 90 valence electrons. The first-order valence-electron chi connectivity index (χ1n) is 4.86. The third kappa shape index (κ3) is 2.41. The van der Waals surface area contributed by atoms with Gasteiger partial charge in [0.1, 0.15) is 17.5 Å². The number of anilines is 2. The zero-order valence-corrected chi connectivity index (χ0v) is 10.1. The molecule has 0 fully saturated rings. The van der Waals surface area contributed by atoms with Crippen LogP contribution in [0.2, 0.25) is 0 Å². The van der Waals surface area contributed by atoms with E-state index in [4.69, 9.17) is 5.26 Å². The second kappa shape index (κ2) is 4.77. The van der Waals surface area contributed by atoms with E-state index in [0.717, 1.165) is 11.5 Å². The van der Waals surface area contributed by atoms with Gasteiger partial charge in [-0.05, 0) is 19.1 Å². The van der Waals surface area contributed by atoms with Crippen molar-refractivity contribution in [1.82, 2.24) is 9.36 Å². The fourth-order valence-corrected chi connectivity index (χ4v) is 1.92. The summed E-state index contributed by atoms with van der Waals surface area (Å²) in [6.45, 7) is 1.75.